The van der Waals surface area contributed by atoms with E-state index < -0.39 is 5.60 Å². The average Bonchev–Trinajstić information content (AvgIpc) is 3.24. The molecule has 0 unspecified atom stereocenters. The lowest BCUT2D eigenvalue weighted by molar-refractivity contribution is 0.00695. The van der Waals surface area contributed by atoms with Gasteiger partial charge >= 0.3 is 5.97 Å². The minimum Gasteiger partial charge on any atom is -0.493 e. The number of ether oxygens (including phenoxy) is 3. The Bertz CT molecular complexity index is 992. The number of hydrogen-bond donors (Lipinski definition) is 0. The van der Waals surface area contributed by atoms with Crippen LogP contribution in [0.3, 0.4) is 0 Å². The van der Waals surface area contributed by atoms with E-state index >= 15 is 0 Å². The molecule has 0 spiro atoms. The van der Waals surface area contributed by atoms with Crippen LogP contribution in [0.1, 0.15) is 43.8 Å². The summed E-state index contributed by atoms with van der Waals surface area (Å²) in [5.41, 5.74) is 1.69. The number of benzene rings is 2. The molecule has 7 heteroatoms. The molecule has 0 aliphatic rings. The Kier molecular flexibility index (Phi) is 6.84. The van der Waals surface area contributed by atoms with Gasteiger partial charge < -0.3 is 23.5 Å². The monoisotopic (exact) mass is 424 g/mol. The van der Waals surface area contributed by atoms with Gasteiger partial charge in [0.25, 0.3) is 0 Å². The van der Waals surface area contributed by atoms with E-state index in [9.17, 15) is 4.79 Å². The fourth-order valence-corrected chi connectivity index (χ4v) is 3.02. The number of oxazole rings is 1. The van der Waals surface area contributed by atoms with Crippen LogP contribution in [0.2, 0.25) is 0 Å². The van der Waals surface area contributed by atoms with Crippen LogP contribution in [-0.2, 0) is 11.3 Å². The Morgan fingerprint density at radius 2 is 1.77 bits per heavy atom. The Morgan fingerprint density at radius 1 is 1.06 bits per heavy atom. The third-order valence-corrected chi connectivity index (χ3v) is 4.37. The predicted molar refractivity (Wildman–Crippen MR) is 118 cm³/mol. The van der Waals surface area contributed by atoms with Crippen LogP contribution in [0.25, 0.3) is 0 Å². The fourth-order valence-electron chi connectivity index (χ4n) is 3.02. The van der Waals surface area contributed by atoms with Crippen molar-refractivity contribution in [2.45, 2.75) is 39.8 Å². The van der Waals surface area contributed by atoms with Crippen molar-refractivity contribution in [3.05, 3.63) is 66.4 Å². The van der Waals surface area contributed by atoms with E-state index in [4.69, 9.17) is 18.6 Å². The molecular weight excluding hydrogens is 396 g/mol. The van der Waals surface area contributed by atoms with Crippen molar-refractivity contribution < 1.29 is 23.4 Å². The normalized spacial score (nSPS) is 11.1. The lowest BCUT2D eigenvalue weighted by atomic mass is 10.1. The van der Waals surface area contributed by atoms with E-state index in [1.54, 1.807) is 25.4 Å². The third-order valence-electron chi connectivity index (χ3n) is 4.37. The van der Waals surface area contributed by atoms with Gasteiger partial charge in [-0.1, -0.05) is 0 Å². The highest BCUT2D eigenvalue weighted by molar-refractivity contribution is 5.90. The molecule has 31 heavy (non-hydrogen) atoms. The fraction of sp³-hybridized carbons (Fsp3) is 0.333. The zero-order chi connectivity index (χ0) is 22.4. The number of hydrogen-bond acceptors (Lipinski definition) is 7. The molecule has 0 radical (unpaired) electrons. The van der Waals surface area contributed by atoms with Crippen LogP contribution < -0.4 is 14.4 Å². The lowest BCUT2D eigenvalue weighted by Crippen LogP contribution is -2.24. The largest absolute Gasteiger partial charge is 0.493 e. The molecule has 0 N–H and O–H groups in total. The van der Waals surface area contributed by atoms with Crippen molar-refractivity contribution in [2.75, 3.05) is 18.6 Å². The molecule has 0 bridgehead atoms. The summed E-state index contributed by atoms with van der Waals surface area (Å²) in [4.78, 5) is 18.4. The molecule has 0 fully saturated rings. The standard InChI is InChI=1S/C24H28N2O5/c1-6-29-22-13-19(11-12-21(22)28-5)26(15-20-14-25-16-30-20)18-9-7-17(8-10-18)23(27)31-24(2,3)4/h7-14,16H,6,15H2,1-5H3. The topological polar surface area (TPSA) is 74.0 Å². The number of rotatable bonds is 8. The van der Waals surface area contributed by atoms with Crippen LogP contribution >= 0.6 is 0 Å². The summed E-state index contributed by atoms with van der Waals surface area (Å²) in [6, 6.07) is 13.0. The molecular formula is C24H28N2O5. The number of nitrogens with zero attached hydrogens (tertiary/aromatic N) is 2. The zero-order valence-electron chi connectivity index (χ0n) is 18.5. The van der Waals surface area contributed by atoms with Crippen molar-refractivity contribution in [1.82, 2.24) is 4.98 Å². The number of esters is 1. The van der Waals surface area contributed by atoms with Crippen molar-refractivity contribution >= 4 is 17.3 Å². The summed E-state index contributed by atoms with van der Waals surface area (Å²) >= 11 is 0. The van der Waals surface area contributed by atoms with Crippen LogP contribution in [0, 0.1) is 0 Å². The Hall–Kier alpha value is -3.48. The van der Waals surface area contributed by atoms with Gasteiger partial charge in [-0.25, -0.2) is 9.78 Å². The van der Waals surface area contributed by atoms with E-state index in [1.165, 1.54) is 6.39 Å². The van der Waals surface area contributed by atoms with Gasteiger partial charge in [0.15, 0.2) is 17.9 Å². The highest BCUT2D eigenvalue weighted by Gasteiger charge is 2.19. The average molecular weight is 424 g/mol. The number of aromatic nitrogens is 1. The molecule has 1 aromatic heterocycles. The summed E-state index contributed by atoms with van der Waals surface area (Å²) in [5.74, 6) is 1.65. The molecule has 0 saturated carbocycles. The number of carbonyl (C=O) groups is 1. The molecule has 164 valence electrons. The molecule has 1 heterocycles. The highest BCUT2D eigenvalue weighted by Crippen LogP contribution is 2.36. The predicted octanol–water partition coefficient (Wildman–Crippen LogP) is 5.38. The van der Waals surface area contributed by atoms with Crippen molar-refractivity contribution in [2.24, 2.45) is 0 Å². The number of methoxy groups -OCH3 is 1. The minimum absolute atomic E-state index is 0.357. The van der Waals surface area contributed by atoms with Crippen molar-refractivity contribution in [3.63, 3.8) is 0 Å². The van der Waals surface area contributed by atoms with Crippen molar-refractivity contribution in [1.29, 1.82) is 0 Å². The quantitative estimate of drug-likeness (QED) is 0.450. The van der Waals surface area contributed by atoms with Gasteiger partial charge in [0.1, 0.15) is 11.4 Å². The maximum absolute atomic E-state index is 12.4. The van der Waals surface area contributed by atoms with E-state index in [2.05, 4.69) is 4.98 Å². The maximum atomic E-state index is 12.4. The summed E-state index contributed by atoms with van der Waals surface area (Å²) in [6.07, 6.45) is 3.08. The smallest absolute Gasteiger partial charge is 0.338 e. The molecule has 0 atom stereocenters. The Labute approximate surface area is 182 Å². The Balaban J connectivity index is 1.95. The molecule has 3 rings (SSSR count). The highest BCUT2D eigenvalue weighted by atomic mass is 16.6. The first-order valence-corrected chi connectivity index (χ1v) is 10.1. The van der Waals surface area contributed by atoms with Gasteiger partial charge in [-0.05, 0) is 64.1 Å². The molecule has 3 aromatic rings. The van der Waals surface area contributed by atoms with E-state index in [1.807, 2.05) is 62.9 Å². The molecule has 0 saturated heterocycles. The lowest BCUT2D eigenvalue weighted by Gasteiger charge is -2.25. The summed E-state index contributed by atoms with van der Waals surface area (Å²) in [5, 5.41) is 0. The van der Waals surface area contributed by atoms with E-state index in [-0.39, 0.29) is 5.97 Å². The van der Waals surface area contributed by atoms with E-state index in [0.717, 1.165) is 11.4 Å². The summed E-state index contributed by atoms with van der Waals surface area (Å²) < 4.78 is 22.1. The van der Waals surface area contributed by atoms with Crippen LogP contribution in [-0.4, -0.2) is 30.3 Å². The number of anilines is 2. The van der Waals surface area contributed by atoms with Gasteiger partial charge in [-0.3, -0.25) is 0 Å². The van der Waals surface area contributed by atoms with Crippen LogP contribution in [0.15, 0.2) is 59.5 Å². The molecule has 7 nitrogen and oxygen atoms in total. The number of carbonyl (C=O) groups excluding carboxylic acids is 1. The van der Waals surface area contributed by atoms with Gasteiger partial charge in [0.05, 0.1) is 32.0 Å². The zero-order valence-corrected chi connectivity index (χ0v) is 18.5. The second kappa shape index (κ2) is 9.55. The van der Waals surface area contributed by atoms with E-state index in [0.29, 0.717) is 36.0 Å². The molecule has 0 aliphatic carbocycles. The molecule has 2 aromatic carbocycles. The summed E-state index contributed by atoms with van der Waals surface area (Å²) in [7, 11) is 1.61. The molecule has 0 aliphatic heterocycles. The van der Waals surface area contributed by atoms with Crippen LogP contribution in [0.4, 0.5) is 11.4 Å². The Morgan fingerprint density at radius 3 is 2.35 bits per heavy atom. The van der Waals surface area contributed by atoms with Gasteiger partial charge in [0, 0.05) is 17.4 Å². The van der Waals surface area contributed by atoms with Gasteiger partial charge in [-0.15, -0.1) is 0 Å². The SMILES string of the molecule is CCOc1cc(N(Cc2cnco2)c2ccc(C(=O)OC(C)(C)C)cc2)ccc1OC. The first kappa shape index (κ1) is 22.2. The van der Waals surface area contributed by atoms with Crippen LogP contribution in [0.5, 0.6) is 11.5 Å². The molecule has 0 amide bonds. The van der Waals surface area contributed by atoms with Crippen molar-refractivity contribution in [3.8, 4) is 11.5 Å². The maximum Gasteiger partial charge on any atom is 0.338 e. The third kappa shape index (κ3) is 5.78. The minimum atomic E-state index is -0.549. The first-order chi connectivity index (χ1) is 14.8. The second-order valence-electron chi connectivity index (χ2n) is 7.87. The summed E-state index contributed by atoms with van der Waals surface area (Å²) in [6.45, 7) is 8.43. The second-order valence-corrected chi connectivity index (χ2v) is 7.87. The van der Waals surface area contributed by atoms with Gasteiger partial charge in [0.2, 0.25) is 0 Å². The first-order valence-electron chi connectivity index (χ1n) is 10.1. The van der Waals surface area contributed by atoms with Gasteiger partial charge in [-0.2, -0.15) is 0 Å².